The van der Waals surface area contributed by atoms with Crippen molar-refractivity contribution in [1.29, 1.82) is 0 Å². The molecule has 1 aliphatic heterocycles. The Kier molecular flexibility index (Phi) is 5.76. The van der Waals surface area contributed by atoms with Crippen molar-refractivity contribution < 1.29 is 18.7 Å². The Morgan fingerprint density at radius 3 is 2.62 bits per heavy atom. The van der Waals surface area contributed by atoms with Crippen molar-refractivity contribution in [1.82, 2.24) is 5.32 Å². The Labute approximate surface area is 153 Å². The van der Waals surface area contributed by atoms with E-state index in [0.29, 0.717) is 25.3 Å². The number of rotatable bonds is 6. The van der Waals surface area contributed by atoms with Crippen molar-refractivity contribution in [3.8, 4) is 11.5 Å². The van der Waals surface area contributed by atoms with Gasteiger partial charge in [0.25, 0.3) is 0 Å². The number of methoxy groups -OCH3 is 1. The topological polar surface area (TPSA) is 47.6 Å². The average molecular weight is 357 g/mol. The largest absolute Gasteiger partial charge is 0.493 e. The first-order valence-electron chi connectivity index (χ1n) is 8.93. The molecule has 5 heteroatoms. The zero-order chi connectivity index (χ0) is 18.5. The molecule has 0 aliphatic carbocycles. The minimum atomic E-state index is -0.263. The molecular weight excluding hydrogens is 333 g/mol. The molecule has 0 spiro atoms. The van der Waals surface area contributed by atoms with Gasteiger partial charge in [-0.2, -0.15) is 0 Å². The molecule has 2 aromatic carbocycles. The van der Waals surface area contributed by atoms with Crippen LogP contribution in [0, 0.1) is 11.7 Å². The standard InChI is InChI=1S/C21H24FNO3/c1-3-26-20-12-15(6-9-19(20)25-2)17-11-16(21(24)23-13-17)10-14-4-7-18(22)8-5-14/h4-9,12,16-17H,3,10-11,13H2,1-2H3,(H,23,24)/t16-,17+/m0/s1. The van der Waals surface area contributed by atoms with E-state index in [2.05, 4.69) is 5.32 Å². The Morgan fingerprint density at radius 2 is 1.92 bits per heavy atom. The lowest BCUT2D eigenvalue weighted by molar-refractivity contribution is -0.126. The van der Waals surface area contributed by atoms with Crippen molar-refractivity contribution in [2.75, 3.05) is 20.3 Å². The maximum Gasteiger partial charge on any atom is 0.223 e. The van der Waals surface area contributed by atoms with Gasteiger partial charge in [0, 0.05) is 18.4 Å². The number of carbonyl (C=O) groups is 1. The molecule has 1 N–H and O–H groups in total. The third kappa shape index (κ3) is 4.15. The number of benzene rings is 2. The molecule has 1 saturated heterocycles. The highest BCUT2D eigenvalue weighted by molar-refractivity contribution is 5.80. The van der Waals surface area contributed by atoms with Crippen molar-refractivity contribution in [2.45, 2.75) is 25.7 Å². The predicted molar refractivity (Wildman–Crippen MR) is 98.1 cm³/mol. The number of hydrogen-bond donors (Lipinski definition) is 1. The van der Waals surface area contributed by atoms with E-state index in [1.165, 1.54) is 12.1 Å². The summed E-state index contributed by atoms with van der Waals surface area (Å²) in [6, 6.07) is 12.3. The molecule has 2 aromatic rings. The molecule has 0 saturated carbocycles. The summed E-state index contributed by atoms with van der Waals surface area (Å²) in [7, 11) is 1.62. The molecule has 0 unspecified atom stereocenters. The van der Waals surface area contributed by atoms with Gasteiger partial charge in [-0.25, -0.2) is 4.39 Å². The van der Waals surface area contributed by atoms with Crippen LogP contribution in [0.15, 0.2) is 42.5 Å². The molecule has 0 radical (unpaired) electrons. The third-order valence-electron chi connectivity index (χ3n) is 4.82. The lowest BCUT2D eigenvalue weighted by Gasteiger charge is -2.30. The van der Waals surface area contributed by atoms with E-state index < -0.39 is 0 Å². The van der Waals surface area contributed by atoms with Gasteiger partial charge >= 0.3 is 0 Å². The molecule has 1 fully saturated rings. The fourth-order valence-electron chi connectivity index (χ4n) is 3.45. The van der Waals surface area contributed by atoms with E-state index in [0.717, 1.165) is 23.3 Å². The maximum absolute atomic E-state index is 13.1. The van der Waals surface area contributed by atoms with Gasteiger partial charge in [-0.05, 0) is 55.2 Å². The quantitative estimate of drug-likeness (QED) is 0.858. The van der Waals surface area contributed by atoms with Crippen LogP contribution >= 0.6 is 0 Å². The zero-order valence-corrected chi connectivity index (χ0v) is 15.1. The fourth-order valence-corrected chi connectivity index (χ4v) is 3.45. The van der Waals surface area contributed by atoms with E-state index in [-0.39, 0.29) is 23.6 Å². The molecule has 138 valence electrons. The second kappa shape index (κ2) is 8.21. The van der Waals surface area contributed by atoms with Gasteiger partial charge in [-0.15, -0.1) is 0 Å². The molecule has 26 heavy (non-hydrogen) atoms. The Bertz CT molecular complexity index is 760. The van der Waals surface area contributed by atoms with E-state index in [1.54, 1.807) is 19.2 Å². The third-order valence-corrected chi connectivity index (χ3v) is 4.82. The molecular formula is C21H24FNO3. The summed E-state index contributed by atoms with van der Waals surface area (Å²) in [5.41, 5.74) is 2.09. The minimum Gasteiger partial charge on any atom is -0.493 e. The molecule has 0 bridgehead atoms. The summed E-state index contributed by atoms with van der Waals surface area (Å²) in [6.45, 7) is 3.11. The highest BCUT2D eigenvalue weighted by Crippen LogP contribution is 2.35. The number of nitrogens with one attached hydrogen (secondary N) is 1. The minimum absolute atomic E-state index is 0.0594. The number of piperidine rings is 1. The van der Waals surface area contributed by atoms with Gasteiger partial charge in [0.05, 0.1) is 13.7 Å². The Balaban J connectivity index is 1.75. The van der Waals surface area contributed by atoms with Crippen LogP contribution in [0.4, 0.5) is 4.39 Å². The monoisotopic (exact) mass is 357 g/mol. The van der Waals surface area contributed by atoms with Crippen LogP contribution in [0.1, 0.15) is 30.4 Å². The lowest BCUT2D eigenvalue weighted by atomic mass is 9.82. The van der Waals surface area contributed by atoms with E-state index in [1.807, 2.05) is 25.1 Å². The lowest BCUT2D eigenvalue weighted by Crippen LogP contribution is -2.41. The highest BCUT2D eigenvalue weighted by Gasteiger charge is 2.30. The second-order valence-electron chi connectivity index (χ2n) is 6.55. The first-order chi connectivity index (χ1) is 12.6. The van der Waals surface area contributed by atoms with Crippen LogP contribution in [0.25, 0.3) is 0 Å². The molecule has 0 aromatic heterocycles. The van der Waals surface area contributed by atoms with Crippen molar-refractivity contribution in [3.05, 3.63) is 59.4 Å². The Morgan fingerprint density at radius 1 is 1.15 bits per heavy atom. The first-order valence-corrected chi connectivity index (χ1v) is 8.93. The van der Waals surface area contributed by atoms with Gasteiger partial charge < -0.3 is 14.8 Å². The summed E-state index contributed by atoms with van der Waals surface area (Å²) in [6.07, 6.45) is 1.36. The molecule has 2 atom stereocenters. The number of carbonyl (C=O) groups excluding carboxylic acids is 1. The van der Waals surface area contributed by atoms with Gasteiger partial charge in [0.2, 0.25) is 5.91 Å². The van der Waals surface area contributed by atoms with Gasteiger partial charge in [0.1, 0.15) is 5.82 Å². The molecule has 1 amide bonds. The number of ether oxygens (including phenoxy) is 2. The van der Waals surface area contributed by atoms with Gasteiger partial charge in [0.15, 0.2) is 11.5 Å². The Hall–Kier alpha value is -2.56. The van der Waals surface area contributed by atoms with Crippen molar-refractivity contribution in [2.24, 2.45) is 5.92 Å². The van der Waals surface area contributed by atoms with E-state index in [4.69, 9.17) is 9.47 Å². The van der Waals surface area contributed by atoms with E-state index in [9.17, 15) is 9.18 Å². The summed E-state index contributed by atoms with van der Waals surface area (Å²) in [5, 5.41) is 3.01. The number of halogens is 1. The van der Waals surface area contributed by atoms with Crippen molar-refractivity contribution >= 4 is 5.91 Å². The van der Waals surface area contributed by atoms with Crippen LogP contribution in [0.3, 0.4) is 0 Å². The molecule has 1 heterocycles. The molecule has 1 aliphatic rings. The number of amides is 1. The smallest absolute Gasteiger partial charge is 0.223 e. The second-order valence-corrected chi connectivity index (χ2v) is 6.55. The predicted octanol–water partition coefficient (Wildman–Crippen LogP) is 3.70. The molecule has 4 nitrogen and oxygen atoms in total. The maximum atomic E-state index is 13.1. The first kappa shape index (κ1) is 18.2. The summed E-state index contributed by atoms with van der Waals surface area (Å²) in [5.74, 6) is 1.31. The number of hydrogen-bond acceptors (Lipinski definition) is 3. The fraction of sp³-hybridized carbons (Fsp3) is 0.381. The summed E-state index contributed by atoms with van der Waals surface area (Å²) >= 11 is 0. The van der Waals surface area contributed by atoms with Gasteiger partial charge in [-0.3, -0.25) is 4.79 Å². The van der Waals surface area contributed by atoms with Gasteiger partial charge in [-0.1, -0.05) is 18.2 Å². The average Bonchev–Trinajstić information content (AvgIpc) is 2.65. The van der Waals surface area contributed by atoms with Crippen LogP contribution in [0.2, 0.25) is 0 Å². The SMILES string of the molecule is CCOc1cc([C@H]2CNC(=O)[C@@H](Cc3ccc(F)cc3)C2)ccc1OC. The summed E-state index contributed by atoms with van der Waals surface area (Å²) < 4.78 is 24.1. The summed E-state index contributed by atoms with van der Waals surface area (Å²) in [4.78, 5) is 12.3. The van der Waals surface area contributed by atoms with E-state index >= 15 is 0 Å². The van der Waals surface area contributed by atoms with Crippen molar-refractivity contribution in [3.63, 3.8) is 0 Å². The van der Waals surface area contributed by atoms with Crippen LogP contribution < -0.4 is 14.8 Å². The van der Waals surface area contributed by atoms with Crippen LogP contribution in [-0.4, -0.2) is 26.2 Å². The molecule has 3 rings (SSSR count). The zero-order valence-electron chi connectivity index (χ0n) is 15.1. The normalized spacial score (nSPS) is 19.7. The highest BCUT2D eigenvalue weighted by atomic mass is 19.1. The van der Waals surface area contributed by atoms with Crippen LogP contribution in [-0.2, 0) is 11.2 Å². The van der Waals surface area contributed by atoms with Crippen LogP contribution in [0.5, 0.6) is 11.5 Å².